The Morgan fingerprint density at radius 3 is 2.69 bits per heavy atom. The van der Waals surface area contributed by atoms with Crippen LogP contribution < -0.4 is 5.73 Å². The average Bonchev–Trinajstić information content (AvgIpc) is 2.03. The summed E-state index contributed by atoms with van der Waals surface area (Å²) in [5.74, 6) is 0. The van der Waals surface area contributed by atoms with Crippen molar-refractivity contribution in [2.24, 2.45) is 5.73 Å². The van der Waals surface area contributed by atoms with E-state index in [4.69, 9.17) is 10.5 Å². The van der Waals surface area contributed by atoms with Gasteiger partial charge in [0.25, 0.3) is 0 Å². The first kappa shape index (κ1) is 10.7. The molecule has 2 nitrogen and oxygen atoms in total. The van der Waals surface area contributed by atoms with Gasteiger partial charge in [-0.05, 0) is 30.2 Å². The van der Waals surface area contributed by atoms with Crippen molar-refractivity contribution in [3.8, 4) is 0 Å². The van der Waals surface area contributed by atoms with Crippen LogP contribution in [0.15, 0.2) is 22.7 Å². The Balaban J connectivity index is 2.87. The minimum absolute atomic E-state index is 0.0406. The summed E-state index contributed by atoms with van der Waals surface area (Å²) in [7, 11) is 1.66. The van der Waals surface area contributed by atoms with Crippen LogP contribution in [0, 0.1) is 6.92 Å². The number of hydrogen-bond donors (Lipinski definition) is 1. The quantitative estimate of drug-likeness (QED) is 0.886. The molecule has 0 saturated carbocycles. The third-order valence-corrected chi connectivity index (χ3v) is 2.30. The van der Waals surface area contributed by atoms with E-state index in [0.29, 0.717) is 6.61 Å². The molecule has 0 saturated heterocycles. The van der Waals surface area contributed by atoms with Crippen LogP contribution in [0.5, 0.6) is 0 Å². The lowest BCUT2D eigenvalue weighted by Gasteiger charge is -2.11. The Hall–Kier alpha value is -0.380. The molecule has 0 heterocycles. The van der Waals surface area contributed by atoms with Crippen molar-refractivity contribution >= 4 is 15.9 Å². The van der Waals surface area contributed by atoms with E-state index < -0.39 is 0 Å². The van der Waals surface area contributed by atoms with Gasteiger partial charge < -0.3 is 10.5 Å². The highest BCUT2D eigenvalue weighted by Crippen LogP contribution is 2.19. The van der Waals surface area contributed by atoms with Crippen molar-refractivity contribution in [1.82, 2.24) is 0 Å². The molecule has 0 spiro atoms. The van der Waals surface area contributed by atoms with Crippen molar-refractivity contribution < 1.29 is 4.74 Å². The predicted molar refractivity (Wildman–Crippen MR) is 57.7 cm³/mol. The number of hydrogen-bond acceptors (Lipinski definition) is 2. The fraction of sp³-hybridized carbons (Fsp3) is 0.400. The van der Waals surface area contributed by atoms with Gasteiger partial charge in [0.15, 0.2) is 0 Å². The molecule has 0 aliphatic rings. The van der Waals surface area contributed by atoms with Gasteiger partial charge in [0.05, 0.1) is 12.6 Å². The molecule has 13 heavy (non-hydrogen) atoms. The first-order chi connectivity index (χ1) is 6.13. The van der Waals surface area contributed by atoms with E-state index in [1.165, 1.54) is 5.56 Å². The molecule has 0 aliphatic carbocycles. The zero-order valence-electron chi connectivity index (χ0n) is 7.88. The minimum Gasteiger partial charge on any atom is -0.383 e. The zero-order chi connectivity index (χ0) is 9.84. The van der Waals surface area contributed by atoms with Crippen LogP contribution >= 0.6 is 15.9 Å². The van der Waals surface area contributed by atoms with Crippen LogP contribution in [-0.4, -0.2) is 13.7 Å². The van der Waals surface area contributed by atoms with Crippen molar-refractivity contribution in [1.29, 1.82) is 0 Å². The van der Waals surface area contributed by atoms with Crippen LogP contribution in [0.1, 0.15) is 17.2 Å². The topological polar surface area (TPSA) is 35.2 Å². The van der Waals surface area contributed by atoms with Gasteiger partial charge in [-0.3, -0.25) is 0 Å². The van der Waals surface area contributed by atoms with Crippen LogP contribution in [-0.2, 0) is 4.74 Å². The van der Waals surface area contributed by atoms with Crippen molar-refractivity contribution in [3.63, 3.8) is 0 Å². The number of halogens is 1. The monoisotopic (exact) mass is 243 g/mol. The number of nitrogens with two attached hydrogens (primary N) is 1. The number of rotatable bonds is 3. The van der Waals surface area contributed by atoms with E-state index in [9.17, 15) is 0 Å². The lowest BCUT2D eigenvalue weighted by atomic mass is 10.1. The summed E-state index contributed by atoms with van der Waals surface area (Å²) in [6.07, 6.45) is 0. The van der Waals surface area contributed by atoms with Crippen LogP contribution in [0.2, 0.25) is 0 Å². The van der Waals surface area contributed by atoms with Gasteiger partial charge >= 0.3 is 0 Å². The van der Waals surface area contributed by atoms with Gasteiger partial charge in [0.2, 0.25) is 0 Å². The predicted octanol–water partition coefficient (Wildman–Crippen LogP) is 2.40. The van der Waals surface area contributed by atoms with Crippen LogP contribution in [0.3, 0.4) is 0 Å². The van der Waals surface area contributed by atoms with E-state index >= 15 is 0 Å². The third kappa shape index (κ3) is 3.10. The Labute approximate surface area is 87.2 Å². The summed E-state index contributed by atoms with van der Waals surface area (Å²) in [5, 5.41) is 0. The largest absolute Gasteiger partial charge is 0.383 e. The van der Waals surface area contributed by atoms with Gasteiger partial charge in [-0.25, -0.2) is 0 Å². The Morgan fingerprint density at radius 2 is 2.15 bits per heavy atom. The average molecular weight is 244 g/mol. The summed E-state index contributed by atoms with van der Waals surface area (Å²) in [5.41, 5.74) is 8.21. The lowest BCUT2D eigenvalue weighted by molar-refractivity contribution is 0.181. The highest BCUT2D eigenvalue weighted by atomic mass is 79.9. The fourth-order valence-electron chi connectivity index (χ4n) is 1.25. The molecule has 0 fully saturated rings. The van der Waals surface area contributed by atoms with Crippen molar-refractivity contribution in [2.75, 3.05) is 13.7 Å². The maximum atomic E-state index is 5.90. The third-order valence-electron chi connectivity index (χ3n) is 1.84. The van der Waals surface area contributed by atoms with Gasteiger partial charge in [-0.1, -0.05) is 22.0 Å². The Morgan fingerprint density at radius 1 is 1.46 bits per heavy atom. The summed E-state index contributed by atoms with van der Waals surface area (Å²) < 4.78 is 6.06. The molecule has 0 aromatic heterocycles. The molecule has 1 rings (SSSR count). The highest BCUT2D eigenvalue weighted by Gasteiger charge is 2.06. The summed E-state index contributed by atoms with van der Waals surface area (Å²) >= 11 is 3.44. The molecule has 0 aliphatic heterocycles. The smallest absolute Gasteiger partial charge is 0.0655 e. The minimum atomic E-state index is -0.0406. The zero-order valence-corrected chi connectivity index (χ0v) is 9.47. The molecule has 0 unspecified atom stereocenters. The lowest BCUT2D eigenvalue weighted by Crippen LogP contribution is -2.16. The van der Waals surface area contributed by atoms with Crippen LogP contribution in [0.25, 0.3) is 0 Å². The maximum absolute atomic E-state index is 5.90. The highest BCUT2D eigenvalue weighted by molar-refractivity contribution is 9.10. The fourth-order valence-corrected chi connectivity index (χ4v) is 1.88. The van der Waals surface area contributed by atoms with Gasteiger partial charge in [0, 0.05) is 11.6 Å². The number of methoxy groups -OCH3 is 1. The maximum Gasteiger partial charge on any atom is 0.0655 e. The molecule has 1 aromatic carbocycles. The number of ether oxygens (including phenoxy) is 1. The SMILES string of the molecule is COC[C@@H](N)c1cc(C)cc(Br)c1. The first-order valence-corrected chi connectivity index (χ1v) is 4.94. The Kier molecular flexibility index (Phi) is 3.90. The molecule has 1 aromatic rings. The molecule has 0 amide bonds. The molecular formula is C10H14BrNO. The molecule has 2 N–H and O–H groups in total. The summed E-state index contributed by atoms with van der Waals surface area (Å²) in [6.45, 7) is 2.60. The second-order valence-electron chi connectivity index (χ2n) is 3.12. The molecule has 72 valence electrons. The Bertz CT molecular complexity index is 268. The normalized spacial score (nSPS) is 12.9. The van der Waals surface area contributed by atoms with E-state index in [1.54, 1.807) is 7.11 Å². The van der Waals surface area contributed by atoms with Gasteiger partial charge in [-0.15, -0.1) is 0 Å². The van der Waals surface area contributed by atoms with E-state index in [-0.39, 0.29) is 6.04 Å². The second kappa shape index (κ2) is 4.74. The van der Waals surface area contributed by atoms with Crippen molar-refractivity contribution in [2.45, 2.75) is 13.0 Å². The molecule has 1 atom stereocenters. The van der Waals surface area contributed by atoms with Gasteiger partial charge in [0.1, 0.15) is 0 Å². The van der Waals surface area contributed by atoms with E-state index in [1.807, 2.05) is 13.0 Å². The number of aryl methyl sites for hydroxylation is 1. The van der Waals surface area contributed by atoms with E-state index in [2.05, 4.69) is 28.1 Å². The molecule has 3 heteroatoms. The van der Waals surface area contributed by atoms with E-state index in [0.717, 1.165) is 10.0 Å². The van der Waals surface area contributed by atoms with Crippen LogP contribution in [0.4, 0.5) is 0 Å². The second-order valence-corrected chi connectivity index (χ2v) is 4.04. The standard InChI is InChI=1S/C10H14BrNO/c1-7-3-8(5-9(11)4-7)10(12)6-13-2/h3-5,10H,6,12H2,1-2H3/t10-/m1/s1. The summed E-state index contributed by atoms with van der Waals surface area (Å²) in [6, 6.07) is 6.12. The van der Waals surface area contributed by atoms with Crippen molar-refractivity contribution in [3.05, 3.63) is 33.8 Å². The first-order valence-electron chi connectivity index (χ1n) is 4.15. The molecular weight excluding hydrogens is 230 g/mol. The molecule has 0 bridgehead atoms. The van der Waals surface area contributed by atoms with Gasteiger partial charge in [-0.2, -0.15) is 0 Å². The summed E-state index contributed by atoms with van der Waals surface area (Å²) in [4.78, 5) is 0. The number of benzene rings is 1. The molecule has 0 radical (unpaired) electrons.